The highest BCUT2D eigenvalue weighted by atomic mass is 35.5. The molecule has 0 spiro atoms. The third kappa shape index (κ3) is 13.3. The smallest absolute Gasteiger partial charge is 0.494 e. The number of carbonyl (C=O) groups excluding carboxylic acids is 2. The van der Waals surface area contributed by atoms with E-state index in [1.807, 2.05) is 64.1 Å². The molecule has 11 rings (SSSR count). The zero-order chi connectivity index (χ0) is 59.9. The summed E-state index contributed by atoms with van der Waals surface area (Å²) in [4.78, 5) is 44.4. The van der Waals surface area contributed by atoms with Crippen LogP contribution in [-0.4, -0.2) is 141 Å². The van der Waals surface area contributed by atoms with Crippen molar-refractivity contribution in [3.8, 4) is 63.2 Å². The number of benzene rings is 2. The van der Waals surface area contributed by atoms with Crippen LogP contribution < -0.4 is 25.0 Å². The van der Waals surface area contributed by atoms with Crippen LogP contribution in [0.25, 0.3) is 56.0 Å². The molecule has 0 radical (unpaired) electrons. The lowest BCUT2D eigenvalue weighted by molar-refractivity contribution is 0.00578. The number of pyridine rings is 4. The van der Waals surface area contributed by atoms with Crippen molar-refractivity contribution < 1.29 is 51.4 Å². The summed E-state index contributed by atoms with van der Waals surface area (Å²) in [6.07, 6.45) is 9.97. The number of furan rings is 2. The molecule has 6 aromatic heterocycles. The molecule has 3 saturated heterocycles. The van der Waals surface area contributed by atoms with Crippen LogP contribution in [0.15, 0.2) is 106 Å². The van der Waals surface area contributed by atoms with Crippen molar-refractivity contribution in [2.24, 2.45) is 0 Å². The first-order valence-electron chi connectivity index (χ1n) is 27.3. The maximum absolute atomic E-state index is 12.3. The van der Waals surface area contributed by atoms with Crippen LogP contribution >= 0.6 is 11.6 Å². The van der Waals surface area contributed by atoms with Crippen LogP contribution in [0.2, 0.25) is 5.02 Å². The van der Waals surface area contributed by atoms with Crippen molar-refractivity contribution in [1.29, 1.82) is 10.5 Å². The summed E-state index contributed by atoms with van der Waals surface area (Å²) in [5.41, 5.74) is 7.77. The SMILES string of the molecule is CC1(C)OB(c2ccc(NC3CCOCC3)c(C#N)c2)OC1(C)C.COc1cc(C(=O)N(C)C)ncc1-c1cc2nccc(-c3ccc(OC4CCOCC4)c(C#N)c3)c2o1.COc1cc(C(=O)N(C)C)ncc1-c1cc2nccc(Cl)c2o1. The second-order valence-corrected chi connectivity index (χ2v) is 21.9. The molecule has 84 heavy (non-hydrogen) atoms. The summed E-state index contributed by atoms with van der Waals surface area (Å²) in [6.45, 7) is 11.0. The fraction of sp³-hybridized carbons (Fsp3) is 0.355. The molecule has 20 nitrogen and oxygen atoms in total. The van der Waals surface area contributed by atoms with E-state index in [9.17, 15) is 20.1 Å². The number of halogens is 1. The number of carbonyl (C=O) groups is 2. The molecule has 2 aromatic carbocycles. The Labute approximate surface area is 492 Å². The lowest BCUT2D eigenvalue weighted by Gasteiger charge is -2.32. The molecule has 0 unspecified atom stereocenters. The van der Waals surface area contributed by atoms with Gasteiger partial charge in [0.25, 0.3) is 11.8 Å². The van der Waals surface area contributed by atoms with Gasteiger partial charge >= 0.3 is 7.12 Å². The van der Waals surface area contributed by atoms with Gasteiger partial charge in [-0.25, -0.2) is 0 Å². The van der Waals surface area contributed by atoms with Gasteiger partial charge in [-0.1, -0.05) is 23.7 Å². The minimum absolute atomic E-state index is 0.0370. The van der Waals surface area contributed by atoms with Gasteiger partial charge in [-0.05, 0) is 88.0 Å². The molecule has 9 heterocycles. The van der Waals surface area contributed by atoms with Crippen LogP contribution in [0.4, 0.5) is 5.69 Å². The number of anilines is 1. The van der Waals surface area contributed by atoms with Crippen molar-refractivity contribution in [2.75, 3.05) is 74.2 Å². The van der Waals surface area contributed by atoms with Gasteiger partial charge in [0.2, 0.25) is 0 Å². The molecule has 434 valence electrons. The molecule has 8 aromatic rings. The number of amides is 2. The number of rotatable bonds is 12. The Morgan fingerprint density at radius 2 is 1.18 bits per heavy atom. The van der Waals surface area contributed by atoms with E-state index in [0.717, 1.165) is 61.2 Å². The highest BCUT2D eigenvalue weighted by Crippen LogP contribution is 2.40. The summed E-state index contributed by atoms with van der Waals surface area (Å²) < 4.78 is 51.9. The van der Waals surface area contributed by atoms with E-state index < -0.39 is 7.12 Å². The lowest BCUT2D eigenvalue weighted by Crippen LogP contribution is -2.41. The molecule has 3 fully saturated rings. The minimum atomic E-state index is -0.445. The predicted molar refractivity (Wildman–Crippen MR) is 318 cm³/mol. The molecule has 0 bridgehead atoms. The quantitative estimate of drug-likeness (QED) is 0.112. The van der Waals surface area contributed by atoms with E-state index in [4.69, 9.17) is 53.4 Å². The maximum atomic E-state index is 12.3. The highest BCUT2D eigenvalue weighted by Gasteiger charge is 2.51. The molecule has 22 heteroatoms. The molecular weight excluding hydrogens is 1090 g/mol. The van der Waals surface area contributed by atoms with Crippen LogP contribution in [0, 0.1) is 22.7 Å². The molecule has 0 saturated carbocycles. The normalized spacial score (nSPS) is 15.6. The Kier molecular flexibility index (Phi) is 18.5. The van der Waals surface area contributed by atoms with Gasteiger partial charge in [-0.2, -0.15) is 10.5 Å². The second kappa shape index (κ2) is 25.9. The zero-order valence-electron chi connectivity index (χ0n) is 48.6. The van der Waals surface area contributed by atoms with Crippen molar-refractivity contribution in [1.82, 2.24) is 29.7 Å². The number of hydrogen-bond acceptors (Lipinski definition) is 18. The molecule has 3 aliphatic rings. The third-order valence-electron chi connectivity index (χ3n) is 14.9. The standard InChI is InChI=1S/C28H26N4O5.C18H25BN2O3.C16H14ClN3O3/c1-32(2)28(33)23-14-25(34-3)21(16-31-23)26-13-22-27(37-26)20(6-9-30-22)17-4-5-24(18(12-17)15-29)36-19-7-10-35-11-8-19;1-17(2)18(3,4)24-19(23-17)14-5-6-16(13(11-14)12-20)21-15-7-9-22-10-8-15;1-20(2)16(21)12-7-13(22-3)9(8-19-12)14-6-11-15(23-14)10(17)4-5-18-11/h4-6,9,12-14,16,19H,7-8,10-11H2,1-3H3;5-6,11,15,21H,7-10H2,1-4H3;4-8H,1-3H3. The summed E-state index contributed by atoms with van der Waals surface area (Å²) >= 11 is 6.10. The second-order valence-electron chi connectivity index (χ2n) is 21.5. The van der Waals surface area contributed by atoms with Crippen LogP contribution in [0.3, 0.4) is 0 Å². The Balaban J connectivity index is 0.000000158. The first-order valence-corrected chi connectivity index (χ1v) is 27.7. The monoisotopic (exact) mass is 1160 g/mol. The summed E-state index contributed by atoms with van der Waals surface area (Å²) in [5.74, 6) is 2.10. The van der Waals surface area contributed by atoms with Crippen molar-refractivity contribution in [3.05, 3.63) is 125 Å². The highest BCUT2D eigenvalue weighted by molar-refractivity contribution is 6.62. The average molecular weight is 1160 g/mol. The van der Waals surface area contributed by atoms with Crippen molar-refractivity contribution in [2.45, 2.75) is 76.7 Å². The van der Waals surface area contributed by atoms with Crippen molar-refractivity contribution >= 4 is 63.9 Å². The fourth-order valence-corrected chi connectivity index (χ4v) is 9.63. The van der Waals surface area contributed by atoms with Crippen LogP contribution in [0.1, 0.15) is 85.5 Å². The number of ether oxygens (including phenoxy) is 5. The van der Waals surface area contributed by atoms with E-state index >= 15 is 0 Å². The Hall–Kier alpha value is -8.57. The molecule has 2 amide bonds. The topological polar surface area (TPSA) is 243 Å². The van der Waals surface area contributed by atoms with Gasteiger partial charge in [-0.3, -0.25) is 29.5 Å². The number of hydrogen-bond donors (Lipinski definition) is 1. The summed E-state index contributed by atoms with van der Waals surface area (Å²) in [7, 11) is 9.27. The number of nitrogens with one attached hydrogen (secondary N) is 1. The molecule has 1 N–H and O–H groups in total. The first-order chi connectivity index (χ1) is 40.3. The van der Waals surface area contributed by atoms with Crippen LogP contribution in [-0.2, 0) is 18.8 Å². The Bertz CT molecular complexity index is 3770. The molecule has 3 aliphatic heterocycles. The Morgan fingerprint density at radius 1 is 0.643 bits per heavy atom. The van der Waals surface area contributed by atoms with E-state index in [2.05, 4.69) is 37.4 Å². The Morgan fingerprint density at radius 3 is 1.71 bits per heavy atom. The van der Waals surface area contributed by atoms with E-state index in [-0.39, 0.29) is 34.8 Å². The maximum Gasteiger partial charge on any atom is 0.494 e. The molecule has 0 aliphatic carbocycles. The number of nitrogens with zero attached hydrogens (tertiary/aromatic N) is 8. The molecular formula is C62H65BClN9O11. The number of aromatic nitrogens is 4. The van der Waals surface area contributed by atoms with Gasteiger partial charge in [0.1, 0.15) is 69.4 Å². The summed E-state index contributed by atoms with van der Waals surface area (Å²) in [6, 6.07) is 26.5. The van der Waals surface area contributed by atoms with Gasteiger partial charge in [0, 0.05) is 115 Å². The number of methoxy groups -OCH3 is 2. The zero-order valence-corrected chi connectivity index (χ0v) is 49.3. The summed E-state index contributed by atoms with van der Waals surface area (Å²) in [5, 5.41) is 23.3. The average Bonchev–Trinajstić information content (AvgIpc) is 3.20. The van der Waals surface area contributed by atoms with E-state index in [1.165, 1.54) is 24.0 Å². The van der Waals surface area contributed by atoms with Crippen molar-refractivity contribution in [3.63, 3.8) is 0 Å². The number of fused-ring (bicyclic) bond motifs is 2. The fourth-order valence-electron chi connectivity index (χ4n) is 9.44. The van der Waals surface area contributed by atoms with Gasteiger partial charge in [0.05, 0.1) is 71.6 Å². The predicted octanol–water partition coefficient (Wildman–Crippen LogP) is 10.4. The van der Waals surface area contributed by atoms with Gasteiger partial charge < -0.3 is 56.9 Å². The van der Waals surface area contributed by atoms with E-state index in [0.29, 0.717) is 103 Å². The third-order valence-corrected chi connectivity index (χ3v) is 15.2. The van der Waals surface area contributed by atoms with Crippen LogP contribution in [0.5, 0.6) is 17.2 Å². The molecule has 0 atom stereocenters. The number of nitriles is 2. The van der Waals surface area contributed by atoms with E-state index in [1.54, 1.807) is 89.4 Å². The largest absolute Gasteiger partial charge is 0.496 e. The first kappa shape index (κ1) is 60.0. The lowest BCUT2D eigenvalue weighted by atomic mass is 9.78. The van der Waals surface area contributed by atoms with Gasteiger partial charge in [-0.15, -0.1) is 0 Å². The van der Waals surface area contributed by atoms with Gasteiger partial charge in [0.15, 0.2) is 11.2 Å². The minimum Gasteiger partial charge on any atom is -0.496 e.